The van der Waals surface area contributed by atoms with Crippen molar-refractivity contribution in [1.82, 2.24) is 4.90 Å². The molecule has 0 radical (unpaired) electrons. The van der Waals surface area contributed by atoms with Crippen LogP contribution in [0.5, 0.6) is 5.75 Å². The van der Waals surface area contributed by atoms with Gasteiger partial charge in [0.05, 0.1) is 19.6 Å². The van der Waals surface area contributed by atoms with E-state index < -0.39 is 12.0 Å². The highest BCUT2D eigenvalue weighted by Gasteiger charge is 2.39. The lowest BCUT2D eigenvalue weighted by atomic mass is 10.1. The molecule has 1 aromatic rings. The molecule has 22 heavy (non-hydrogen) atoms. The number of likely N-dealkylation sites (tertiary alicyclic amines) is 1. The molecule has 2 unspecified atom stereocenters. The van der Waals surface area contributed by atoms with E-state index in [0.717, 1.165) is 16.9 Å². The SMILES string of the molecule is COc1cc(CC(=O)N2CC(OC)CC2C(=O)O)ccc1C. The molecule has 6 nitrogen and oxygen atoms in total. The van der Waals surface area contributed by atoms with Crippen LogP contribution in [0.15, 0.2) is 18.2 Å². The van der Waals surface area contributed by atoms with E-state index in [4.69, 9.17) is 9.47 Å². The number of carboxylic acids is 1. The third kappa shape index (κ3) is 3.39. The van der Waals surface area contributed by atoms with Crippen molar-refractivity contribution in [3.05, 3.63) is 29.3 Å². The monoisotopic (exact) mass is 307 g/mol. The van der Waals surface area contributed by atoms with Crippen molar-refractivity contribution >= 4 is 11.9 Å². The molecule has 0 bridgehead atoms. The zero-order chi connectivity index (χ0) is 16.3. The molecule has 120 valence electrons. The summed E-state index contributed by atoms with van der Waals surface area (Å²) < 4.78 is 10.4. The van der Waals surface area contributed by atoms with Crippen molar-refractivity contribution in [3.63, 3.8) is 0 Å². The predicted octanol–water partition coefficient (Wildman–Crippen LogP) is 1.25. The van der Waals surface area contributed by atoms with E-state index in [1.54, 1.807) is 7.11 Å². The average molecular weight is 307 g/mol. The molecule has 1 saturated heterocycles. The molecule has 1 fully saturated rings. The Morgan fingerprint density at radius 3 is 2.68 bits per heavy atom. The predicted molar refractivity (Wildman–Crippen MR) is 80.0 cm³/mol. The molecule has 1 aliphatic rings. The summed E-state index contributed by atoms with van der Waals surface area (Å²) in [6.45, 7) is 2.24. The highest BCUT2D eigenvalue weighted by Crippen LogP contribution is 2.23. The van der Waals surface area contributed by atoms with Crippen molar-refractivity contribution in [2.24, 2.45) is 0 Å². The maximum atomic E-state index is 12.4. The summed E-state index contributed by atoms with van der Waals surface area (Å²) in [5, 5.41) is 9.26. The van der Waals surface area contributed by atoms with Crippen LogP contribution in [0.25, 0.3) is 0 Å². The molecular weight excluding hydrogens is 286 g/mol. The Morgan fingerprint density at radius 2 is 2.09 bits per heavy atom. The topological polar surface area (TPSA) is 76.1 Å². The second-order valence-corrected chi connectivity index (χ2v) is 5.47. The van der Waals surface area contributed by atoms with Crippen LogP contribution in [0.4, 0.5) is 0 Å². The fraction of sp³-hybridized carbons (Fsp3) is 0.500. The van der Waals surface area contributed by atoms with Crippen molar-refractivity contribution in [3.8, 4) is 5.75 Å². The lowest BCUT2D eigenvalue weighted by Crippen LogP contribution is -2.41. The molecule has 1 aliphatic heterocycles. The fourth-order valence-electron chi connectivity index (χ4n) is 2.73. The van der Waals surface area contributed by atoms with Crippen LogP contribution in [0.3, 0.4) is 0 Å². The molecule has 1 heterocycles. The first-order valence-electron chi connectivity index (χ1n) is 7.14. The van der Waals surface area contributed by atoms with Gasteiger partial charge in [-0.3, -0.25) is 4.79 Å². The summed E-state index contributed by atoms with van der Waals surface area (Å²) in [7, 11) is 3.11. The molecule has 1 N–H and O–H groups in total. The van der Waals surface area contributed by atoms with E-state index >= 15 is 0 Å². The van der Waals surface area contributed by atoms with Crippen molar-refractivity contribution in [2.75, 3.05) is 20.8 Å². The highest BCUT2D eigenvalue weighted by molar-refractivity contribution is 5.85. The van der Waals surface area contributed by atoms with Crippen molar-refractivity contribution < 1.29 is 24.2 Å². The van der Waals surface area contributed by atoms with Crippen LogP contribution < -0.4 is 4.74 Å². The Balaban J connectivity index is 2.12. The molecular formula is C16H21NO5. The number of carbonyl (C=O) groups excluding carboxylic acids is 1. The molecule has 1 aromatic carbocycles. The third-order valence-corrected chi connectivity index (χ3v) is 4.03. The van der Waals surface area contributed by atoms with E-state index in [2.05, 4.69) is 0 Å². The van der Waals surface area contributed by atoms with Gasteiger partial charge >= 0.3 is 5.97 Å². The Labute approximate surface area is 129 Å². The average Bonchev–Trinajstić information content (AvgIpc) is 2.94. The Kier molecular flexibility index (Phi) is 5.03. The lowest BCUT2D eigenvalue weighted by molar-refractivity contribution is -0.148. The van der Waals surface area contributed by atoms with E-state index in [1.807, 2.05) is 25.1 Å². The zero-order valence-electron chi connectivity index (χ0n) is 13.0. The van der Waals surface area contributed by atoms with Crippen molar-refractivity contribution in [2.45, 2.75) is 31.9 Å². The minimum Gasteiger partial charge on any atom is -0.496 e. The summed E-state index contributed by atoms with van der Waals surface area (Å²) in [5.74, 6) is -0.483. The fourth-order valence-corrected chi connectivity index (χ4v) is 2.73. The third-order valence-electron chi connectivity index (χ3n) is 4.03. The Bertz CT molecular complexity index is 572. The number of rotatable bonds is 5. The van der Waals surface area contributed by atoms with Gasteiger partial charge in [0.2, 0.25) is 5.91 Å². The van der Waals surface area contributed by atoms with Crippen LogP contribution in [0, 0.1) is 6.92 Å². The number of hydrogen-bond donors (Lipinski definition) is 1. The van der Waals surface area contributed by atoms with Gasteiger partial charge in [0.1, 0.15) is 11.8 Å². The lowest BCUT2D eigenvalue weighted by Gasteiger charge is -2.21. The maximum Gasteiger partial charge on any atom is 0.326 e. The number of carboxylic acid groups (broad SMARTS) is 1. The number of ether oxygens (including phenoxy) is 2. The van der Waals surface area contributed by atoms with Gasteiger partial charge in [-0.25, -0.2) is 4.79 Å². The van der Waals surface area contributed by atoms with Crippen LogP contribution in [0.1, 0.15) is 17.5 Å². The smallest absolute Gasteiger partial charge is 0.326 e. The minimum absolute atomic E-state index is 0.150. The number of aryl methyl sites for hydroxylation is 1. The normalized spacial score (nSPS) is 21.0. The van der Waals surface area contributed by atoms with Gasteiger partial charge in [0.15, 0.2) is 0 Å². The highest BCUT2D eigenvalue weighted by atomic mass is 16.5. The summed E-state index contributed by atoms with van der Waals surface area (Å²) in [4.78, 5) is 25.1. The molecule has 2 rings (SSSR count). The van der Waals surface area contributed by atoms with Gasteiger partial charge in [0.25, 0.3) is 0 Å². The molecule has 1 amide bonds. The maximum absolute atomic E-state index is 12.4. The van der Waals surface area contributed by atoms with Crippen LogP contribution in [-0.4, -0.2) is 54.8 Å². The number of hydrogen-bond acceptors (Lipinski definition) is 4. The summed E-state index contributed by atoms with van der Waals surface area (Å²) >= 11 is 0. The van der Waals surface area contributed by atoms with Crippen LogP contribution in [0.2, 0.25) is 0 Å². The minimum atomic E-state index is -0.991. The van der Waals surface area contributed by atoms with Gasteiger partial charge in [-0.2, -0.15) is 0 Å². The van der Waals surface area contributed by atoms with E-state index in [0.29, 0.717) is 13.0 Å². The van der Waals surface area contributed by atoms with Crippen LogP contribution >= 0.6 is 0 Å². The molecule has 0 aliphatic carbocycles. The molecule has 6 heteroatoms. The zero-order valence-corrected chi connectivity index (χ0v) is 13.0. The number of carbonyl (C=O) groups is 2. The first-order chi connectivity index (χ1) is 10.5. The second kappa shape index (κ2) is 6.79. The Hall–Kier alpha value is -2.08. The molecule has 0 saturated carbocycles. The first kappa shape index (κ1) is 16.3. The second-order valence-electron chi connectivity index (χ2n) is 5.47. The standard InChI is InChI=1S/C16H21NO5/c1-10-4-5-11(6-14(10)22-3)7-15(18)17-9-12(21-2)8-13(17)16(19)20/h4-6,12-13H,7-9H2,1-3H3,(H,19,20). The number of benzene rings is 1. The summed E-state index contributed by atoms with van der Waals surface area (Å²) in [6, 6.07) is 4.74. The van der Waals surface area contributed by atoms with Gasteiger partial charge < -0.3 is 19.5 Å². The summed E-state index contributed by atoms with van der Waals surface area (Å²) in [6.07, 6.45) is 0.253. The number of aliphatic carboxylic acids is 1. The summed E-state index contributed by atoms with van der Waals surface area (Å²) in [5.41, 5.74) is 1.79. The van der Waals surface area contributed by atoms with Crippen molar-refractivity contribution in [1.29, 1.82) is 0 Å². The van der Waals surface area contributed by atoms with E-state index in [9.17, 15) is 14.7 Å². The van der Waals surface area contributed by atoms with Gasteiger partial charge in [0, 0.05) is 20.1 Å². The molecule has 0 aromatic heterocycles. The van der Waals surface area contributed by atoms with E-state index in [1.165, 1.54) is 12.0 Å². The number of nitrogens with zero attached hydrogens (tertiary/aromatic N) is 1. The Morgan fingerprint density at radius 1 is 1.36 bits per heavy atom. The van der Waals surface area contributed by atoms with E-state index in [-0.39, 0.29) is 18.4 Å². The van der Waals surface area contributed by atoms with Gasteiger partial charge in [-0.05, 0) is 24.1 Å². The largest absolute Gasteiger partial charge is 0.496 e. The quantitative estimate of drug-likeness (QED) is 0.886. The molecule has 2 atom stereocenters. The van der Waals surface area contributed by atoms with Gasteiger partial charge in [-0.1, -0.05) is 12.1 Å². The number of methoxy groups -OCH3 is 2. The molecule has 0 spiro atoms. The van der Waals surface area contributed by atoms with Crippen LogP contribution in [-0.2, 0) is 20.7 Å². The van der Waals surface area contributed by atoms with Gasteiger partial charge in [-0.15, -0.1) is 0 Å². The number of amides is 1. The first-order valence-corrected chi connectivity index (χ1v) is 7.14.